The number of hydrogen-bond donors (Lipinski definition) is 2. The van der Waals surface area contributed by atoms with Crippen molar-refractivity contribution in [2.45, 2.75) is 90.6 Å². The van der Waals surface area contributed by atoms with Gasteiger partial charge in [-0.15, -0.1) is 0 Å². The topological polar surface area (TPSA) is 83.8 Å². The standard InChI is InChI=1S/C19H30O2.C10H12O3/c1-18-9-7-13(20)11-12(18)3-4-14-15-5-6-17(21)19(15,2)10-8-16(14)18;11-10(12)7-4-8-13-9-5-2-1-3-6-9/h12,14-17,21H,3-11H2,1-2H3;1-3,5-6H,4,7-8H2,(H,11,12). The summed E-state index contributed by atoms with van der Waals surface area (Å²) in [5, 5.41) is 18.8. The van der Waals surface area contributed by atoms with Crippen LogP contribution in [0, 0.1) is 34.5 Å². The van der Waals surface area contributed by atoms with E-state index in [1.54, 1.807) is 0 Å². The molecule has 4 aliphatic rings. The largest absolute Gasteiger partial charge is 0.494 e. The number of ketones is 1. The van der Waals surface area contributed by atoms with E-state index in [1.807, 2.05) is 30.3 Å². The van der Waals surface area contributed by atoms with Crippen LogP contribution in [0.2, 0.25) is 0 Å². The average Bonchev–Trinajstić information content (AvgIpc) is 3.13. The fourth-order valence-electron chi connectivity index (χ4n) is 7.95. The molecule has 1 aromatic carbocycles. The Bertz CT molecular complexity index is 853. The van der Waals surface area contributed by atoms with Gasteiger partial charge in [-0.3, -0.25) is 9.59 Å². The number of carboxylic acids is 1. The Morgan fingerprint density at radius 3 is 2.47 bits per heavy atom. The van der Waals surface area contributed by atoms with E-state index >= 15 is 0 Å². The number of fused-ring (bicyclic) bond motifs is 5. The molecule has 4 aliphatic carbocycles. The first kappa shape index (κ1) is 25.2. The molecule has 188 valence electrons. The molecule has 5 rings (SSSR count). The van der Waals surface area contributed by atoms with E-state index in [0.717, 1.165) is 49.2 Å². The number of aliphatic carboxylic acids is 1. The number of carboxylic acid groups (broad SMARTS) is 1. The average molecular weight is 471 g/mol. The van der Waals surface area contributed by atoms with Crippen molar-refractivity contribution >= 4 is 11.8 Å². The third-order valence-electron chi connectivity index (χ3n) is 9.98. The Kier molecular flexibility index (Phi) is 7.71. The van der Waals surface area contributed by atoms with Crippen molar-refractivity contribution in [3.05, 3.63) is 30.3 Å². The number of carbonyl (C=O) groups is 2. The van der Waals surface area contributed by atoms with E-state index < -0.39 is 5.97 Å². The van der Waals surface area contributed by atoms with Gasteiger partial charge in [0.1, 0.15) is 11.5 Å². The van der Waals surface area contributed by atoms with Gasteiger partial charge in [0.2, 0.25) is 0 Å². The Morgan fingerprint density at radius 1 is 1.00 bits per heavy atom. The maximum absolute atomic E-state index is 11.9. The zero-order valence-corrected chi connectivity index (χ0v) is 20.9. The van der Waals surface area contributed by atoms with Crippen LogP contribution in [0.5, 0.6) is 5.75 Å². The maximum Gasteiger partial charge on any atom is 0.303 e. The quantitative estimate of drug-likeness (QED) is 0.524. The summed E-state index contributed by atoms with van der Waals surface area (Å²) in [6.45, 7) is 5.30. The van der Waals surface area contributed by atoms with E-state index in [1.165, 1.54) is 32.1 Å². The molecule has 0 radical (unpaired) electrons. The van der Waals surface area contributed by atoms with Gasteiger partial charge in [-0.1, -0.05) is 32.0 Å². The molecule has 34 heavy (non-hydrogen) atoms. The Balaban J connectivity index is 0.000000182. The Morgan fingerprint density at radius 2 is 1.74 bits per heavy atom. The molecule has 4 saturated carbocycles. The summed E-state index contributed by atoms with van der Waals surface area (Å²) in [6, 6.07) is 9.37. The minimum absolute atomic E-state index is 0.0677. The summed E-state index contributed by atoms with van der Waals surface area (Å²) in [5.74, 6) is 3.53. The first-order chi connectivity index (χ1) is 16.2. The highest BCUT2D eigenvalue weighted by atomic mass is 16.5. The van der Waals surface area contributed by atoms with Crippen LogP contribution in [-0.4, -0.2) is 34.7 Å². The summed E-state index contributed by atoms with van der Waals surface area (Å²) in [5.41, 5.74) is 0.598. The molecule has 0 aliphatic heterocycles. The molecular formula is C29H42O5. The number of para-hydroxylation sites is 1. The van der Waals surface area contributed by atoms with Crippen molar-refractivity contribution in [2.24, 2.45) is 34.5 Å². The molecule has 5 nitrogen and oxygen atoms in total. The minimum Gasteiger partial charge on any atom is -0.494 e. The van der Waals surface area contributed by atoms with E-state index in [9.17, 15) is 14.7 Å². The highest BCUT2D eigenvalue weighted by Gasteiger charge is 2.59. The SMILES string of the molecule is CC12CCC3C(CCC4CC(=O)CCC43C)C1CCC2O.O=C(O)CCCOc1ccccc1. The Hall–Kier alpha value is -1.88. The summed E-state index contributed by atoms with van der Waals surface area (Å²) >= 11 is 0. The fraction of sp³-hybridized carbons (Fsp3) is 0.724. The van der Waals surface area contributed by atoms with Crippen molar-refractivity contribution in [1.82, 2.24) is 0 Å². The van der Waals surface area contributed by atoms with Gasteiger partial charge in [-0.2, -0.15) is 0 Å². The molecule has 0 amide bonds. The zero-order valence-electron chi connectivity index (χ0n) is 20.9. The molecule has 7 atom stereocenters. The van der Waals surface area contributed by atoms with Crippen LogP contribution in [-0.2, 0) is 9.59 Å². The van der Waals surface area contributed by atoms with E-state index in [4.69, 9.17) is 9.84 Å². The minimum atomic E-state index is -0.781. The van der Waals surface area contributed by atoms with Crippen LogP contribution in [0.4, 0.5) is 0 Å². The molecule has 4 fully saturated rings. The lowest BCUT2D eigenvalue weighted by Gasteiger charge is -2.60. The van der Waals surface area contributed by atoms with E-state index in [-0.39, 0.29) is 17.9 Å². The van der Waals surface area contributed by atoms with Gasteiger partial charge in [0.05, 0.1) is 12.7 Å². The van der Waals surface area contributed by atoms with E-state index in [2.05, 4.69) is 13.8 Å². The lowest BCUT2D eigenvalue weighted by Crippen LogP contribution is -2.54. The van der Waals surface area contributed by atoms with E-state index in [0.29, 0.717) is 30.1 Å². The lowest BCUT2D eigenvalue weighted by molar-refractivity contribution is -0.142. The zero-order chi connectivity index (χ0) is 24.3. The fourth-order valence-corrected chi connectivity index (χ4v) is 7.95. The predicted molar refractivity (Wildman–Crippen MR) is 132 cm³/mol. The van der Waals surface area contributed by atoms with Crippen molar-refractivity contribution in [3.63, 3.8) is 0 Å². The van der Waals surface area contributed by atoms with Crippen molar-refractivity contribution < 1.29 is 24.5 Å². The first-order valence-corrected chi connectivity index (χ1v) is 13.3. The van der Waals surface area contributed by atoms with Gasteiger partial charge in [0, 0.05) is 19.3 Å². The third kappa shape index (κ3) is 5.05. The number of aliphatic hydroxyl groups excluding tert-OH is 1. The van der Waals surface area contributed by atoms with Crippen molar-refractivity contribution in [1.29, 1.82) is 0 Å². The number of ether oxygens (including phenoxy) is 1. The van der Waals surface area contributed by atoms with Crippen LogP contribution < -0.4 is 4.74 Å². The molecule has 0 saturated heterocycles. The Labute approximate surface area is 204 Å². The molecule has 0 spiro atoms. The maximum atomic E-state index is 11.9. The first-order valence-electron chi connectivity index (χ1n) is 13.3. The lowest BCUT2D eigenvalue weighted by atomic mass is 9.45. The number of carbonyl (C=O) groups excluding carboxylic acids is 1. The van der Waals surface area contributed by atoms with Gasteiger partial charge in [-0.05, 0) is 98.0 Å². The van der Waals surface area contributed by atoms with Crippen LogP contribution in [0.1, 0.15) is 84.5 Å². The van der Waals surface area contributed by atoms with Gasteiger partial charge in [0.15, 0.2) is 0 Å². The molecule has 2 N–H and O–H groups in total. The van der Waals surface area contributed by atoms with Gasteiger partial charge < -0.3 is 14.9 Å². The van der Waals surface area contributed by atoms with Crippen LogP contribution in [0.3, 0.4) is 0 Å². The number of aliphatic hydroxyl groups is 1. The number of hydrogen-bond acceptors (Lipinski definition) is 4. The summed E-state index contributed by atoms with van der Waals surface area (Å²) in [7, 11) is 0. The molecular weight excluding hydrogens is 428 g/mol. The van der Waals surface area contributed by atoms with Crippen LogP contribution in [0.25, 0.3) is 0 Å². The molecule has 0 aromatic heterocycles. The van der Waals surface area contributed by atoms with Gasteiger partial charge >= 0.3 is 5.97 Å². The predicted octanol–water partition coefficient (Wildman–Crippen LogP) is 5.89. The van der Waals surface area contributed by atoms with Crippen molar-refractivity contribution in [2.75, 3.05) is 6.61 Å². The molecule has 0 heterocycles. The van der Waals surface area contributed by atoms with Gasteiger partial charge in [0.25, 0.3) is 0 Å². The summed E-state index contributed by atoms with van der Waals surface area (Å²) < 4.78 is 5.29. The second-order valence-electron chi connectivity index (χ2n) is 11.7. The monoisotopic (exact) mass is 470 g/mol. The van der Waals surface area contributed by atoms with Crippen LogP contribution >= 0.6 is 0 Å². The number of rotatable bonds is 5. The highest BCUT2D eigenvalue weighted by molar-refractivity contribution is 5.79. The van der Waals surface area contributed by atoms with Gasteiger partial charge in [-0.25, -0.2) is 0 Å². The highest BCUT2D eigenvalue weighted by Crippen LogP contribution is 2.65. The molecule has 5 heteroatoms. The third-order valence-corrected chi connectivity index (χ3v) is 9.98. The van der Waals surface area contributed by atoms with Crippen LogP contribution in [0.15, 0.2) is 30.3 Å². The molecule has 1 aromatic rings. The summed E-state index contributed by atoms with van der Waals surface area (Å²) in [6.07, 6.45) is 10.7. The smallest absolute Gasteiger partial charge is 0.303 e. The summed E-state index contributed by atoms with van der Waals surface area (Å²) in [4.78, 5) is 22.0. The second-order valence-corrected chi connectivity index (χ2v) is 11.7. The normalized spacial score (nSPS) is 38.6. The molecule has 7 unspecified atom stereocenters. The second kappa shape index (κ2) is 10.4. The molecule has 0 bridgehead atoms. The van der Waals surface area contributed by atoms with Crippen molar-refractivity contribution in [3.8, 4) is 5.75 Å². The number of Topliss-reactive ketones (excluding diaryl/α,β-unsaturated/α-hetero) is 1. The number of benzene rings is 1.